The van der Waals surface area contributed by atoms with Gasteiger partial charge >= 0.3 is 0 Å². The van der Waals surface area contributed by atoms with E-state index in [1.54, 1.807) is 0 Å². The van der Waals surface area contributed by atoms with Crippen LogP contribution >= 0.6 is 0 Å². The molecule has 40 heavy (non-hydrogen) atoms. The fourth-order valence-corrected chi connectivity index (χ4v) is 7.53. The summed E-state index contributed by atoms with van der Waals surface area (Å²) in [4.78, 5) is 0. The normalized spacial score (nSPS) is 36.0. The van der Waals surface area contributed by atoms with Crippen LogP contribution in [0.2, 0.25) is 0 Å². The van der Waals surface area contributed by atoms with Crippen molar-refractivity contribution in [1.29, 1.82) is 0 Å². The second-order valence-electron chi connectivity index (χ2n) is 14.1. The summed E-state index contributed by atoms with van der Waals surface area (Å²) < 4.78 is 25.3. The molecule has 0 saturated carbocycles. The molecule has 4 fully saturated rings. The standard InChI is InChI=1S/2C18H26O2/c2*1-13(2)18-10-9-17(4,20-18)16(11-18)19-12-15-8-6-5-7-14(15)3/h2*5-8,13,16H,9-12H2,1-4H3/t2*16-,17-,18-/m10/s1. The van der Waals surface area contributed by atoms with Gasteiger partial charge in [0.25, 0.3) is 0 Å². The van der Waals surface area contributed by atoms with Crippen LogP contribution in [-0.2, 0) is 32.2 Å². The molecule has 0 N–H and O–H groups in total. The van der Waals surface area contributed by atoms with E-state index in [1.807, 2.05) is 0 Å². The summed E-state index contributed by atoms with van der Waals surface area (Å²) in [7, 11) is 0. The average Bonchev–Trinajstić information content (AvgIpc) is 3.62. The Balaban J connectivity index is 0.000000161. The highest BCUT2D eigenvalue weighted by atomic mass is 16.6. The molecule has 2 aromatic rings. The third-order valence-electron chi connectivity index (χ3n) is 10.9. The van der Waals surface area contributed by atoms with Crippen molar-refractivity contribution in [1.82, 2.24) is 0 Å². The molecule has 4 heterocycles. The van der Waals surface area contributed by atoms with Gasteiger partial charge in [0, 0.05) is 12.8 Å². The van der Waals surface area contributed by atoms with Crippen LogP contribution in [0.1, 0.15) is 102 Å². The number of hydrogen-bond donors (Lipinski definition) is 0. The minimum absolute atomic E-state index is 0.0607. The van der Waals surface area contributed by atoms with E-state index in [0.29, 0.717) is 25.0 Å². The smallest absolute Gasteiger partial charge is 0.0924 e. The van der Waals surface area contributed by atoms with Crippen LogP contribution in [0.5, 0.6) is 0 Å². The summed E-state index contributed by atoms with van der Waals surface area (Å²) in [5.41, 5.74) is 5.16. The van der Waals surface area contributed by atoms with Crippen molar-refractivity contribution in [3.63, 3.8) is 0 Å². The van der Waals surface area contributed by atoms with Crippen molar-refractivity contribution in [2.24, 2.45) is 11.8 Å². The van der Waals surface area contributed by atoms with Gasteiger partial charge in [-0.1, -0.05) is 76.2 Å². The molecule has 4 aliphatic rings. The quantitative estimate of drug-likeness (QED) is 0.331. The van der Waals surface area contributed by atoms with Crippen molar-refractivity contribution in [2.45, 2.75) is 142 Å². The molecular formula is C36H52O4. The van der Waals surface area contributed by atoms with E-state index in [2.05, 4.69) is 104 Å². The van der Waals surface area contributed by atoms with Crippen molar-refractivity contribution in [3.8, 4) is 0 Å². The predicted octanol–water partition coefficient (Wildman–Crippen LogP) is 8.50. The molecule has 0 amide bonds. The summed E-state index contributed by atoms with van der Waals surface area (Å²) in [6.07, 6.45) is 7.20. The molecule has 2 aromatic carbocycles. The first-order valence-corrected chi connectivity index (χ1v) is 15.6. The fraction of sp³-hybridized carbons (Fsp3) is 0.667. The Bertz CT molecular complexity index is 1080. The Kier molecular flexibility index (Phi) is 8.31. The molecule has 0 radical (unpaired) electrons. The van der Waals surface area contributed by atoms with Gasteiger partial charge in [0.05, 0.1) is 47.8 Å². The lowest BCUT2D eigenvalue weighted by molar-refractivity contribution is -0.0961. The van der Waals surface area contributed by atoms with Crippen LogP contribution in [0.15, 0.2) is 48.5 Å². The molecule has 6 atom stereocenters. The lowest BCUT2D eigenvalue weighted by Gasteiger charge is -2.31. The number of aryl methyl sites for hydroxylation is 2. The molecule has 4 bridgehead atoms. The van der Waals surface area contributed by atoms with E-state index >= 15 is 0 Å². The van der Waals surface area contributed by atoms with Crippen LogP contribution in [0, 0.1) is 25.7 Å². The molecule has 4 saturated heterocycles. The van der Waals surface area contributed by atoms with Gasteiger partial charge in [0.1, 0.15) is 0 Å². The Hall–Kier alpha value is -1.72. The van der Waals surface area contributed by atoms with Crippen LogP contribution in [-0.4, -0.2) is 34.6 Å². The van der Waals surface area contributed by atoms with Crippen LogP contribution in [0.3, 0.4) is 0 Å². The maximum absolute atomic E-state index is 6.42. The van der Waals surface area contributed by atoms with Gasteiger partial charge in [-0.25, -0.2) is 0 Å². The van der Waals surface area contributed by atoms with Crippen LogP contribution < -0.4 is 0 Å². The SMILES string of the molecule is Cc1ccccc1CO[C@@H]1C[C@@]2(C(C)C)CC[C@@]1(C)O2.Cc1ccccc1CO[C@H]1C[C@]2(C(C)C)CC[C@]1(C)O2. The van der Waals surface area contributed by atoms with Crippen LogP contribution in [0.25, 0.3) is 0 Å². The molecule has 6 rings (SSSR count). The predicted molar refractivity (Wildman–Crippen MR) is 161 cm³/mol. The monoisotopic (exact) mass is 548 g/mol. The summed E-state index contributed by atoms with van der Waals surface area (Å²) in [5, 5.41) is 0. The molecular weight excluding hydrogens is 496 g/mol. The van der Waals surface area contributed by atoms with Gasteiger partial charge in [-0.15, -0.1) is 0 Å². The molecule has 0 aromatic heterocycles. The number of rotatable bonds is 8. The maximum Gasteiger partial charge on any atom is 0.0924 e. The highest BCUT2D eigenvalue weighted by Gasteiger charge is 2.61. The largest absolute Gasteiger partial charge is 0.370 e. The third-order valence-corrected chi connectivity index (χ3v) is 10.9. The highest BCUT2D eigenvalue weighted by Crippen LogP contribution is 2.56. The van der Waals surface area contributed by atoms with Gasteiger partial charge in [-0.2, -0.15) is 0 Å². The van der Waals surface area contributed by atoms with Crippen molar-refractivity contribution in [2.75, 3.05) is 0 Å². The molecule has 0 unspecified atom stereocenters. The molecule has 220 valence electrons. The zero-order valence-electron chi connectivity index (χ0n) is 26.2. The maximum atomic E-state index is 6.42. The zero-order valence-corrected chi connectivity index (χ0v) is 26.2. The number of ether oxygens (including phenoxy) is 4. The summed E-state index contributed by atoms with van der Waals surface area (Å²) in [6, 6.07) is 16.9. The first-order chi connectivity index (χ1) is 18.9. The lowest BCUT2D eigenvalue weighted by atomic mass is 9.75. The molecule has 0 spiro atoms. The topological polar surface area (TPSA) is 36.9 Å². The van der Waals surface area contributed by atoms with E-state index < -0.39 is 0 Å². The third kappa shape index (κ3) is 5.54. The first-order valence-electron chi connectivity index (χ1n) is 15.6. The lowest BCUT2D eigenvalue weighted by Crippen LogP contribution is -2.38. The van der Waals surface area contributed by atoms with Gasteiger partial charge in [-0.3, -0.25) is 0 Å². The highest BCUT2D eigenvalue weighted by molar-refractivity contribution is 5.26. The summed E-state index contributed by atoms with van der Waals surface area (Å²) in [6.45, 7) is 19.2. The van der Waals surface area contributed by atoms with E-state index in [9.17, 15) is 0 Å². The Labute approximate surface area is 243 Å². The van der Waals surface area contributed by atoms with Crippen molar-refractivity contribution in [3.05, 3.63) is 70.8 Å². The second-order valence-corrected chi connectivity index (χ2v) is 14.1. The number of hydrogen-bond acceptors (Lipinski definition) is 4. The first kappa shape index (κ1) is 29.8. The van der Waals surface area contributed by atoms with Gasteiger partial charge in [-0.05, 0) is 87.5 Å². The summed E-state index contributed by atoms with van der Waals surface area (Å²) in [5.74, 6) is 1.13. The molecule has 0 aliphatic carbocycles. The Morgan fingerprint density at radius 3 is 1.35 bits per heavy atom. The minimum atomic E-state index is -0.0764. The molecule has 4 aliphatic heterocycles. The summed E-state index contributed by atoms with van der Waals surface area (Å²) >= 11 is 0. The number of benzene rings is 2. The second kappa shape index (κ2) is 11.2. The molecule has 4 nitrogen and oxygen atoms in total. The fourth-order valence-electron chi connectivity index (χ4n) is 7.53. The van der Waals surface area contributed by atoms with E-state index in [-0.39, 0.29) is 34.6 Å². The van der Waals surface area contributed by atoms with E-state index in [1.165, 1.54) is 35.1 Å². The van der Waals surface area contributed by atoms with Gasteiger partial charge in [0.15, 0.2) is 0 Å². The Morgan fingerprint density at radius 2 is 1.02 bits per heavy atom. The minimum Gasteiger partial charge on any atom is -0.370 e. The molecule has 4 heteroatoms. The van der Waals surface area contributed by atoms with Crippen LogP contribution in [0.4, 0.5) is 0 Å². The van der Waals surface area contributed by atoms with Gasteiger partial charge < -0.3 is 18.9 Å². The van der Waals surface area contributed by atoms with E-state index in [0.717, 1.165) is 25.7 Å². The van der Waals surface area contributed by atoms with Crippen molar-refractivity contribution >= 4 is 0 Å². The van der Waals surface area contributed by atoms with Gasteiger partial charge in [0.2, 0.25) is 0 Å². The number of fused-ring (bicyclic) bond motifs is 4. The zero-order chi connectivity index (χ0) is 28.8. The van der Waals surface area contributed by atoms with Crippen molar-refractivity contribution < 1.29 is 18.9 Å². The Morgan fingerprint density at radius 1 is 0.650 bits per heavy atom. The average molecular weight is 549 g/mol. The van der Waals surface area contributed by atoms with E-state index in [4.69, 9.17) is 18.9 Å².